The highest BCUT2D eigenvalue weighted by atomic mass is 16.6. The molecule has 9 heteroatoms. The van der Waals surface area contributed by atoms with E-state index in [-0.39, 0.29) is 72.5 Å². The minimum absolute atomic E-state index is 0.0989. The molecule has 0 aromatic heterocycles. The second-order valence-corrected chi connectivity index (χ2v) is 12.6. The summed E-state index contributed by atoms with van der Waals surface area (Å²) in [6.45, 7) is 17.6. The van der Waals surface area contributed by atoms with Crippen LogP contribution in [0.2, 0.25) is 0 Å². The number of benzene rings is 1. The van der Waals surface area contributed by atoms with Gasteiger partial charge in [0.2, 0.25) is 0 Å². The molecule has 2 atom stereocenters. The Labute approximate surface area is 233 Å². The Bertz CT molecular complexity index is 988. The van der Waals surface area contributed by atoms with E-state index < -0.39 is 23.9 Å². The van der Waals surface area contributed by atoms with Gasteiger partial charge in [0.1, 0.15) is 12.6 Å². The van der Waals surface area contributed by atoms with E-state index in [1.807, 2.05) is 62.3 Å². The zero-order chi connectivity index (χ0) is 30.0. The van der Waals surface area contributed by atoms with Gasteiger partial charge in [0, 0.05) is 6.54 Å². The first-order valence-corrected chi connectivity index (χ1v) is 13.4. The molecule has 1 aromatic carbocycles. The van der Waals surface area contributed by atoms with Crippen molar-refractivity contribution >= 4 is 23.9 Å². The highest BCUT2D eigenvalue weighted by Crippen LogP contribution is 2.32. The lowest BCUT2D eigenvalue weighted by molar-refractivity contribution is -0.149. The Balaban J connectivity index is 3.07. The quantitative estimate of drug-likeness (QED) is 0.209. The maximum absolute atomic E-state index is 12.6. The van der Waals surface area contributed by atoms with Crippen molar-refractivity contribution in [3.63, 3.8) is 0 Å². The van der Waals surface area contributed by atoms with Gasteiger partial charge in [0.05, 0.1) is 25.9 Å². The molecule has 0 aliphatic carbocycles. The average Bonchev–Trinajstić information content (AvgIpc) is 2.78. The third kappa shape index (κ3) is 13.6. The van der Waals surface area contributed by atoms with E-state index in [1.54, 1.807) is 18.2 Å². The van der Waals surface area contributed by atoms with Crippen molar-refractivity contribution in [3.8, 4) is 11.5 Å². The maximum atomic E-state index is 12.6. The molecule has 0 saturated carbocycles. The minimum atomic E-state index is -0.747. The third-order valence-electron chi connectivity index (χ3n) is 5.84. The van der Waals surface area contributed by atoms with E-state index in [0.29, 0.717) is 5.56 Å². The average molecular weight is 550 g/mol. The first kappa shape index (κ1) is 34.1. The zero-order valence-electron chi connectivity index (χ0n) is 25.3. The van der Waals surface area contributed by atoms with Crippen molar-refractivity contribution in [2.24, 2.45) is 22.7 Å². The van der Waals surface area contributed by atoms with E-state index in [2.05, 4.69) is 5.32 Å². The molecule has 0 heterocycles. The van der Waals surface area contributed by atoms with Gasteiger partial charge in [-0.1, -0.05) is 68.4 Å². The summed E-state index contributed by atoms with van der Waals surface area (Å²) in [5.41, 5.74) is 0.0758. The number of hydrogen-bond acceptors (Lipinski definition) is 9. The lowest BCUT2D eigenvalue weighted by Crippen LogP contribution is -2.41. The fraction of sp³-hybridized carbons (Fsp3) is 0.667. The largest absolute Gasteiger partial charge is 0.468 e. The zero-order valence-corrected chi connectivity index (χ0v) is 25.3. The maximum Gasteiger partial charge on any atom is 0.323 e. The van der Waals surface area contributed by atoms with Crippen LogP contribution in [-0.4, -0.2) is 50.2 Å². The fourth-order valence-electron chi connectivity index (χ4n) is 3.43. The molecule has 9 nitrogen and oxygen atoms in total. The molecule has 1 aromatic rings. The lowest BCUT2D eigenvalue weighted by atomic mass is 9.92. The molecule has 0 aliphatic heterocycles. The molecule has 1 unspecified atom stereocenters. The van der Waals surface area contributed by atoms with Crippen LogP contribution in [0.5, 0.6) is 11.5 Å². The molecule has 0 spiro atoms. The molecule has 1 rings (SSSR count). The Morgan fingerprint density at radius 3 is 1.85 bits per heavy atom. The predicted octanol–water partition coefficient (Wildman–Crippen LogP) is 4.88. The summed E-state index contributed by atoms with van der Waals surface area (Å²) < 4.78 is 21.4. The van der Waals surface area contributed by atoms with Crippen molar-refractivity contribution < 1.29 is 38.1 Å². The van der Waals surface area contributed by atoms with Gasteiger partial charge in [-0.2, -0.15) is 0 Å². The number of hydrogen-bond donors (Lipinski definition) is 1. The number of carbonyl (C=O) groups is 4. The lowest BCUT2D eigenvalue weighted by Gasteiger charge is -2.20. The Kier molecular flexibility index (Phi) is 13.1. The van der Waals surface area contributed by atoms with Crippen molar-refractivity contribution in [2.45, 2.75) is 87.6 Å². The van der Waals surface area contributed by atoms with Gasteiger partial charge in [0.15, 0.2) is 11.5 Å². The van der Waals surface area contributed by atoms with Crippen LogP contribution in [-0.2, 0) is 35.1 Å². The van der Waals surface area contributed by atoms with Crippen molar-refractivity contribution in [1.82, 2.24) is 5.32 Å². The van der Waals surface area contributed by atoms with Crippen LogP contribution in [0, 0.1) is 22.7 Å². The standard InChI is InChI=1S/C30H47NO8/c1-19(2)20(3)27(34)37-14-13-31-22(28(35)36-10)15-21-11-12-23(38-25(32)17-29(4,5)6)24(16-21)39-26(33)18-30(7,8)9/h11-12,16,19-20,22,31H,13-15,17-18H2,1-10H3/t20?,22-/m0/s1. The van der Waals surface area contributed by atoms with Crippen LogP contribution in [0.1, 0.15) is 80.7 Å². The summed E-state index contributed by atoms with van der Waals surface area (Å²) in [4.78, 5) is 49.6. The topological polar surface area (TPSA) is 117 Å². The molecule has 0 saturated heterocycles. The van der Waals surface area contributed by atoms with Gasteiger partial charge in [-0.25, -0.2) is 0 Å². The molecule has 0 radical (unpaired) electrons. The number of esters is 4. The Hall–Kier alpha value is -2.94. The van der Waals surface area contributed by atoms with E-state index >= 15 is 0 Å². The smallest absolute Gasteiger partial charge is 0.323 e. The summed E-state index contributed by atoms with van der Waals surface area (Å²) in [6.07, 6.45) is 0.537. The van der Waals surface area contributed by atoms with Gasteiger partial charge in [-0.3, -0.25) is 19.2 Å². The molecule has 0 fully saturated rings. The molecular formula is C30H47NO8. The fourth-order valence-corrected chi connectivity index (χ4v) is 3.43. The SMILES string of the molecule is COC(=O)[C@H](Cc1ccc(OC(=O)CC(C)(C)C)c(OC(=O)CC(C)(C)C)c1)NCCOC(=O)C(C)C(C)C. The third-order valence-corrected chi connectivity index (χ3v) is 5.84. The highest BCUT2D eigenvalue weighted by Gasteiger charge is 2.25. The van der Waals surface area contributed by atoms with Crippen molar-refractivity contribution in [1.29, 1.82) is 0 Å². The molecule has 0 bridgehead atoms. The Morgan fingerprint density at radius 1 is 0.821 bits per heavy atom. The van der Waals surface area contributed by atoms with Gasteiger partial charge in [-0.15, -0.1) is 0 Å². The Morgan fingerprint density at radius 2 is 1.36 bits per heavy atom. The van der Waals surface area contributed by atoms with Gasteiger partial charge in [-0.05, 0) is 40.9 Å². The molecule has 39 heavy (non-hydrogen) atoms. The van der Waals surface area contributed by atoms with E-state index in [4.69, 9.17) is 18.9 Å². The summed E-state index contributed by atoms with van der Waals surface area (Å²) in [6, 6.07) is 4.09. The van der Waals surface area contributed by atoms with Crippen molar-refractivity contribution in [3.05, 3.63) is 23.8 Å². The minimum Gasteiger partial charge on any atom is -0.468 e. The second-order valence-electron chi connectivity index (χ2n) is 12.6. The van der Waals surface area contributed by atoms with Gasteiger partial charge < -0.3 is 24.3 Å². The van der Waals surface area contributed by atoms with Crippen LogP contribution in [0.3, 0.4) is 0 Å². The molecule has 220 valence electrons. The van der Waals surface area contributed by atoms with Gasteiger partial charge in [0.25, 0.3) is 0 Å². The van der Waals surface area contributed by atoms with Gasteiger partial charge >= 0.3 is 23.9 Å². The predicted molar refractivity (Wildman–Crippen MR) is 148 cm³/mol. The van der Waals surface area contributed by atoms with Crippen LogP contribution in [0.4, 0.5) is 0 Å². The molecule has 1 N–H and O–H groups in total. The first-order chi connectivity index (χ1) is 17.9. The highest BCUT2D eigenvalue weighted by molar-refractivity contribution is 5.78. The number of ether oxygens (including phenoxy) is 4. The van der Waals surface area contributed by atoms with Crippen LogP contribution < -0.4 is 14.8 Å². The van der Waals surface area contributed by atoms with E-state index in [0.717, 1.165) is 0 Å². The second kappa shape index (κ2) is 15.0. The van der Waals surface area contributed by atoms with Crippen LogP contribution >= 0.6 is 0 Å². The monoisotopic (exact) mass is 549 g/mol. The molecule has 0 amide bonds. The number of carbonyl (C=O) groups excluding carboxylic acids is 4. The summed E-state index contributed by atoms with van der Waals surface area (Å²) in [5, 5.41) is 3.06. The summed E-state index contributed by atoms with van der Waals surface area (Å²) in [7, 11) is 1.29. The van der Waals surface area contributed by atoms with E-state index in [9.17, 15) is 19.2 Å². The number of nitrogens with one attached hydrogen (secondary N) is 1. The molecular weight excluding hydrogens is 502 g/mol. The number of rotatable bonds is 13. The normalized spacial score (nSPS) is 13.4. The number of methoxy groups -OCH3 is 1. The van der Waals surface area contributed by atoms with Crippen LogP contribution in [0.15, 0.2) is 18.2 Å². The van der Waals surface area contributed by atoms with E-state index in [1.165, 1.54) is 7.11 Å². The van der Waals surface area contributed by atoms with Crippen molar-refractivity contribution in [2.75, 3.05) is 20.3 Å². The summed E-state index contributed by atoms with van der Waals surface area (Å²) in [5.74, 6) is -1.53. The molecule has 0 aliphatic rings. The van der Waals surface area contributed by atoms with Crippen LogP contribution in [0.25, 0.3) is 0 Å². The first-order valence-electron chi connectivity index (χ1n) is 13.4. The summed E-state index contributed by atoms with van der Waals surface area (Å²) >= 11 is 0.